The van der Waals surface area contributed by atoms with E-state index in [0.29, 0.717) is 6.73 Å². The fraction of sp³-hybridized carbons (Fsp3) is 0.480. The van der Waals surface area contributed by atoms with Crippen LogP contribution in [0.1, 0.15) is 69.4 Å². The molecule has 5 heteroatoms. The molecular weight excluding hydrogens is 396 g/mol. The van der Waals surface area contributed by atoms with Gasteiger partial charge in [-0.1, -0.05) is 87.9 Å². The maximum atomic E-state index is 11.1. The van der Waals surface area contributed by atoms with Crippen LogP contribution in [-0.2, 0) is 18.5 Å². The van der Waals surface area contributed by atoms with Gasteiger partial charge in [0.15, 0.2) is 23.9 Å². The molecule has 30 heavy (non-hydrogen) atoms. The Morgan fingerprint density at radius 2 is 1.53 bits per heavy atom. The molecule has 1 aromatic heterocycles. The smallest absolute Gasteiger partial charge is 0.293 e. The van der Waals surface area contributed by atoms with Crippen molar-refractivity contribution in [1.82, 2.24) is 4.57 Å². The lowest BCUT2D eigenvalue weighted by Gasteiger charge is -2.11. The second-order valence-corrected chi connectivity index (χ2v) is 7.81. The van der Waals surface area contributed by atoms with Crippen LogP contribution in [0.5, 0.6) is 0 Å². The number of rotatable bonds is 12. The number of aryl methyl sites for hydroxylation is 1. The van der Waals surface area contributed by atoms with Crippen molar-refractivity contribution < 1.29 is 26.8 Å². The quantitative estimate of drug-likeness (QED) is 0.353. The normalized spacial score (nSPS) is 12.1. The Labute approximate surface area is 186 Å². The Morgan fingerprint density at radius 3 is 2.27 bits per heavy atom. The van der Waals surface area contributed by atoms with Crippen molar-refractivity contribution in [2.75, 3.05) is 6.61 Å². The Hall–Kier alpha value is -1.88. The maximum Gasteiger partial charge on any atom is 0.293 e. The lowest BCUT2D eigenvalue weighted by atomic mass is 10.1. The predicted octanol–water partition coefficient (Wildman–Crippen LogP) is 2.28. The summed E-state index contributed by atoms with van der Waals surface area (Å²) >= 11 is 0. The number of hydrogen-bond acceptors (Lipinski definition) is 2. The molecule has 1 N–H and O–H groups in total. The Balaban J connectivity index is 0.00000320. The number of ether oxygens (including phenoxy) is 1. The van der Waals surface area contributed by atoms with Gasteiger partial charge in [-0.05, 0) is 24.1 Å². The molecule has 0 bridgehead atoms. The molecule has 0 saturated carbocycles. The summed E-state index contributed by atoms with van der Waals surface area (Å²) in [7, 11) is 2.01. The van der Waals surface area contributed by atoms with Crippen molar-refractivity contribution >= 4 is 11.0 Å². The van der Waals surface area contributed by atoms with Crippen LogP contribution in [0.4, 0.5) is 0 Å². The zero-order valence-corrected chi connectivity index (χ0v) is 19.0. The zero-order chi connectivity index (χ0) is 20.5. The number of benzene rings is 2. The van der Waals surface area contributed by atoms with Crippen LogP contribution >= 0.6 is 0 Å². The molecule has 164 valence electrons. The third-order valence-electron chi connectivity index (χ3n) is 5.63. The topological polar surface area (TPSA) is 38.3 Å². The van der Waals surface area contributed by atoms with E-state index in [9.17, 15) is 5.11 Å². The fourth-order valence-electron chi connectivity index (χ4n) is 3.97. The van der Waals surface area contributed by atoms with Gasteiger partial charge in [-0.2, -0.15) is 4.57 Å². The van der Waals surface area contributed by atoms with E-state index in [4.69, 9.17) is 4.74 Å². The van der Waals surface area contributed by atoms with Gasteiger partial charge in [0.05, 0.1) is 13.7 Å². The highest BCUT2D eigenvalue weighted by atomic mass is 35.5. The van der Waals surface area contributed by atoms with Gasteiger partial charge in [0.1, 0.15) is 0 Å². The molecule has 4 nitrogen and oxygen atoms in total. The highest BCUT2D eigenvalue weighted by molar-refractivity contribution is 5.72. The summed E-state index contributed by atoms with van der Waals surface area (Å²) in [5, 5.41) is 11.1. The van der Waals surface area contributed by atoms with Gasteiger partial charge >= 0.3 is 0 Å². The van der Waals surface area contributed by atoms with Crippen LogP contribution < -0.4 is 17.0 Å². The van der Waals surface area contributed by atoms with E-state index in [1.807, 2.05) is 49.5 Å². The second-order valence-electron chi connectivity index (χ2n) is 7.81. The van der Waals surface area contributed by atoms with E-state index in [1.54, 1.807) is 0 Å². The largest absolute Gasteiger partial charge is 1.00 e. The average Bonchev–Trinajstić information content (AvgIpc) is 3.04. The lowest BCUT2D eigenvalue weighted by molar-refractivity contribution is -0.657. The van der Waals surface area contributed by atoms with Gasteiger partial charge in [-0.15, -0.1) is 0 Å². The number of imidazole rings is 1. The second kappa shape index (κ2) is 12.7. The number of aromatic nitrogens is 2. The summed E-state index contributed by atoms with van der Waals surface area (Å²) in [5.41, 5.74) is 3.07. The molecule has 0 aliphatic heterocycles. The third kappa shape index (κ3) is 6.07. The van der Waals surface area contributed by atoms with E-state index < -0.39 is 6.10 Å². The number of halogens is 1. The minimum Gasteiger partial charge on any atom is -1.00 e. The van der Waals surface area contributed by atoms with Crippen LogP contribution in [-0.4, -0.2) is 16.3 Å². The molecule has 0 radical (unpaired) electrons. The molecule has 3 rings (SSSR count). The number of aliphatic hydroxyl groups is 1. The first-order valence-electron chi connectivity index (χ1n) is 11.0. The maximum absolute atomic E-state index is 11.1. The molecule has 1 atom stereocenters. The summed E-state index contributed by atoms with van der Waals surface area (Å²) in [6.45, 7) is 3.46. The standard InChI is InChI=1S/C25H35N2O2.ClH/c1-3-4-5-6-7-8-14-19-29-20-27-23-18-13-12-17-22(23)26(2)25(27)24(28)21-15-10-9-11-16-21;/h9-13,15-18,24,28H,3-8,14,19-20H2,1-2H3;1H/q+1;/p-1. The molecule has 0 aliphatic carbocycles. The molecule has 3 aromatic rings. The monoisotopic (exact) mass is 430 g/mol. The van der Waals surface area contributed by atoms with E-state index in [1.165, 1.54) is 38.5 Å². The number of fused-ring (bicyclic) bond motifs is 1. The summed E-state index contributed by atoms with van der Waals surface area (Å²) in [4.78, 5) is 0. The van der Waals surface area contributed by atoms with Crippen LogP contribution in [0.2, 0.25) is 0 Å². The minimum absolute atomic E-state index is 0. The molecule has 0 saturated heterocycles. The van der Waals surface area contributed by atoms with E-state index in [-0.39, 0.29) is 12.4 Å². The van der Waals surface area contributed by atoms with Crippen molar-refractivity contribution in [3.8, 4) is 0 Å². The SMILES string of the molecule is CCCCCCCCCOCn1c(C(O)c2ccccc2)[n+](C)c2ccccc21.[Cl-]. The number of unbranched alkanes of at least 4 members (excludes halogenated alkanes) is 6. The molecule has 0 amide bonds. The fourth-order valence-corrected chi connectivity index (χ4v) is 3.97. The van der Waals surface area contributed by atoms with Crippen molar-refractivity contribution in [3.05, 3.63) is 66.0 Å². The van der Waals surface area contributed by atoms with Crippen molar-refractivity contribution in [2.45, 2.75) is 64.7 Å². The molecule has 0 aliphatic rings. The summed E-state index contributed by atoms with van der Waals surface area (Å²) in [6, 6.07) is 18.1. The first-order chi connectivity index (χ1) is 14.2. The average molecular weight is 431 g/mol. The number of hydrogen-bond donors (Lipinski definition) is 1. The van der Waals surface area contributed by atoms with Crippen LogP contribution in [0.3, 0.4) is 0 Å². The lowest BCUT2D eigenvalue weighted by Crippen LogP contribution is -3.00. The highest BCUT2D eigenvalue weighted by Crippen LogP contribution is 2.24. The van der Waals surface area contributed by atoms with Gasteiger partial charge in [0.2, 0.25) is 0 Å². The first kappa shape index (κ1) is 24.4. The summed E-state index contributed by atoms with van der Waals surface area (Å²) in [5.74, 6) is 0.844. The predicted molar refractivity (Wildman–Crippen MR) is 118 cm³/mol. The highest BCUT2D eigenvalue weighted by Gasteiger charge is 2.29. The number of para-hydroxylation sites is 2. The molecule has 2 aromatic carbocycles. The Morgan fingerprint density at radius 1 is 0.900 bits per heavy atom. The van der Waals surface area contributed by atoms with Crippen molar-refractivity contribution in [2.24, 2.45) is 7.05 Å². The Kier molecular flexibility index (Phi) is 10.4. The summed E-state index contributed by atoms with van der Waals surface area (Å²) < 4.78 is 10.2. The van der Waals surface area contributed by atoms with Gasteiger partial charge in [0.25, 0.3) is 5.82 Å². The van der Waals surface area contributed by atoms with Gasteiger partial charge in [0, 0.05) is 0 Å². The number of nitrogens with zero attached hydrogens (tertiary/aromatic N) is 2. The Bertz CT molecular complexity index is 879. The minimum atomic E-state index is -0.698. The van der Waals surface area contributed by atoms with Crippen molar-refractivity contribution in [1.29, 1.82) is 0 Å². The van der Waals surface area contributed by atoms with Gasteiger partial charge in [-0.3, -0.25) is 0 Å². The molecule has 1 heterocycles. The summed E-state index contributed by atoms with van der Waals surface area (Å²) in [6.07, 6.45) is 8.24. The molecule has 0 spiro atoms. The van der Waals surface area contributed by atoms with E-state index in [0.717, 1.165) is 35.4 Å². The van der Waals surface area contributed by atoms with E-state index in [2.05, 4.69) is 28.2 Å². The first-order valence-corrected chi connectivity index (χ1v) is 11.0. The van der Waals surface area contributed by atoms with Crippen LogP contribution in [0.25, 0.3) is 11.0 Å². The van der Waals surface area contributed by atoms with Crippen LogP contribution in [0.15, 0.2) is 54.6 Å². The third-order valence-corrected chi connectivity index (χ3v) is 5.63. The van der Waals surface area contributed by atoms with E-state index >= 15 is 0 Å². The molecule has 1 unspecified atom stereocenters. The number of aliphatic hydroxyl groups excluding tert-OH is 1. The van der Waals surface area contributed by atoms with Crippen molar-refractivity contribution in [3.63, 3.8) is 0 Å². The molecular formula is C25H35ClN2O2. The van der Waals surface area contributed by atoms with Gasteiger partial charge in [-0.25, -0.2) is 4.57 Å². The molecule has 0 fully saturated rings. The van der Waals surface area contributed by atoms with Crippen LogP contribution in [0, 0.1) is 0 Å². The zero-order valence-electron chi connectivity index (χ0n) is 18.3. The van der Waals surface area contributed by atoms with Gasteiger partial charge < -0.3 is 22.3 Å².